The molecule has 1 unspecified atom stereocenters. The number of alkyl halides is 3. The lowest BCUT2D eigenvalue weighted by atomic mass is 9.97. The molecule has 0 bridgehead atoms. The van der Waals surface area contributed by atoms with E-state index >= 15 is 0 Å². The van der Waals surface area contributed by atoms with E-state index in [1.807, 2.05) is 0 Å². The Morgan fingerprint density at radius 1 is 1.20 bits per heavy atom. The van der Waals surface area contributed by atoms with Crippen molar-refractivity contribution in [2.45, 2.75) is 12.6 Å². The highest BCUT2D eigenvalue weighted by Gasteiger charge is 2.35. The lowest BCUT2D eigenvalue weighted by Gasteiger charge is -2.17. The van der Waals surface area contributed by atoms with Gasteiger partial charge in [0.1, 0.15) is 6.26 Å². The van der Waals surface area contributed by atoms with Crippen molar-refractivity contribution in [3.05, 3.63) is 52.5 Å². The maximum Gasteiger partial charge on any atom is 0.417 e. The van der Waals surface area contributed by atoms with Crippen LogP contribution in [0.25, 0.3) is 11.1 Å². The van der Waals surface area contributed by atoms with Crippen molar-refractivity contribution < 1.29 is 17.7 Å². The summed E-state index contributed by atoms with van der Waals surface area (Å²) >= 11 is 8.78. The van der Waals surface area contributed by atoms with Crippen LogP contribution in [0.1, 0.15) is 11.1 Å². The van der Waals surface area contributed by atoms with Crippen molar-refractivity contribution in [3.8, 4) is 11.1 Å². The molecule has 0 aliphatic heterocycles. The summed E-state index contributed by atoms with van der Waals surface area (Å²) in [5, 5.41) is -0.0119. The van der Waals surface area contributed by atoms with Crippen LogP contribution in [0.5, 0.6) is 0 Å². The van der Waals surface area contributed by atoms with Gasteiger partial charge in [-0.25, -0.2) is 0 Å². The molecule has 25 heavy (non-hydrogen) atoms. The summed E-state index contributed by atoms with van der Waals surface area (Å²) < 4.78 is 56.3. The van der Waals surface area contributed by atoms with E-state index in [9.17, 15) is 17.7 Å². The van der Waals surface area contributed by atoms with Crippen LogP contribution in [0.15, 0.2) is 36.4 Å². The summed E-state index contributed by atoms with van der Waals surface area (Å²) in [5.41, 5.74) is 0.562. The van der Waals surface area contributed by atoms with Gasteiger partial charge in [0, 0.05) is 29.2 Å². The highest BCUT2D eigenvalue weighted by atomic mass is 35.5. The maximum atomic E-state index is 13.4. The summed E-state index contributed by atoms with van der Waals surface area (Å²) in [6.45, 7) is 0.513. The standard InChI is InChI=1S/C16H16ClF3N2OS2/c1-25(23)21-7-6-10-2-4-11(5-3-10)15-13(16(18,19)20)8-12(22-24)9-14(15)17/h2-5,8-9,21-22,24H,6-7H2,1H3. The monoisotopic (exact) mass is 408 g/mol. The van der Waals surface area contributed by atoms with Gasteiger partial charge in [0.25, 0.3) is 0 Å². The van der Waals surface area contributed by atoms with Crippen molar-refractivity contribution in [3.63, 3.8) is 0 Å². The first-order chi connectivity index (χ1) is 11.7. The molecule has 2 aromatic rings. The van der Waals surface area contributed by atoms with Crippen LogP contribution in [0.3, 0.4) is 0 Å². The first-order valence-electron chi connectivity index (χ1n) is 7.19. The number of hydrogen-bond donors (Lipinski definition) is 3. The van der Waals surface area contributed by atoms with Crippen LogP contribution in [0.4, 0.5) is 18.9 Å². The van der Waals surface area contributed by atoms with Crippen molar-refractivity contribution in [2.24, 2.45) is 0 Å². The Balaban J connectivity index is 2.35. The van der Waals surface area contributed by atoms with Crippen LogP contribution >= 0.6 is 24.4 Å². The van der Waals surface area contributed by atoms with Gasteiger partial charge < -0.3 is 9.27 Å². The number of halogens is 4. The molecule has 0 spiro atoms. The molecule has 0 aliphatic rings. The molecule has 3 nitrogen and oxygen atoms in total. The smallest absolute Gasteiger partial charge is 0.417 e. The third-order valence-electron chi connectivity index (χ3n) is 3.49. The second kappa shape index (κ2) is 8.55. The molecule has 136 valence electrons. The zero-order chi connectivity index (χ0) is 18.6. The Morgan fingerprint density at radius 3 is 2.36 bits per heavy atom. The molecular formula is C16H16ClF3N2OS2. The molecule has 2 rings (SSSR count). The molecule has 2 N–H and O–H groups in total. The summed E-state index contributed by atoms with van der Waals surface area (Å²) in [6, 6.07) is 9.04. The molecule has 9 heteroatoms. The Morgan fingerprint density at radius 2 is 1.84 bits per heavy atom. The molecule has 2 aromatic carbocycles. The normalized spacial score (nSPS) is 12.9. The number of benzene rings is 2. The van der Waals surface area contributed by atoms with E-state index < -0.39 is 23.1 Å². The average molecular weight is 409 g/mol. The highest BCUT2D eigenvalue weighted by Crippen LogP contribution is 2.42. The molecule has 0 radical (unpaired) electrons. The summed E-state index contributed by atoms with van der Waals surface area (Å²) in [5.74, 6) is 0. The minimum atomic E-state index is -4.55. The molecule has 1 atom stereocenters. The number of nitrogens with one attached hydrogen (secondary N) is 2. The Bertz CT molecular complexity index is 725. The van der Waals surface area contributed by atoms with Gasteiger partial charge in [0.15, 0.2) is 0 Å². The third-order valence-corrected chi connectivity index (χ3v) is 4.65. The van der Waals surface area contributed by atoms with Gasteiger partial charge in [-0.3, -0.25) is 0 Å². The third kappa shape index (κ3) is 5.46. The predicted molar refractivity (Wildman–Crippen MR) is 100 cm³/mol. The summed E-state index contributed by atoms with van der Waals surface area (Å²) in [6.07, 6.45) is -2.40. The van der Waals surface area contributed by atoms with E-state index in [0.29, 0.717) is 18.5 Å². The van der Waals surface area contributed by atoms with Gasteiger partial charge in [-0.15, -0.1) is 4.72 Å². The molecule has 0 aliphatic carbocycles. The van der Waals surface area contributed by atoms with Crippen molar-refractivity contribution in [2.75, 3.05) is 17.5 Å². The SMILES string of the molecule is C[S+]([O-])NCCc1ccc(-c2c(Cl)cc(NS)cc2C(F)(F)F)cc1. The lowest BCUT2D eigenvalue weighted by Crippen LogP contribution is -2.24. The number of hydrogen-bond acceptors (Lipinski definition) is 4. The minimum absolute atomic E-state index is 0.0119. The van der Waals surface area contributed by atoms with E-state index in [1.165, 1.54) is 12.3 Å². The van der Waals surface area contributed by atoms with Crippen LogP contribution in [0, 0.1) is 0 Å². The zero-order valence-corrected chi connectivity index (χ0v) is 15.6. The lowest BCUT2D eigenvalue weighted by molar-refractivity contribution is -0.137. The van der Waals surface area contributed by atoms with Gasteiger partial charge in [-0.1, -0.05) is 48.7 Å². The van der Waals surface area contributed by atoms with Crippen LogP contribution in [-0.4, -0.2) is 17.4 Å². The second-order valence-electron chi connectivity index (χ2n) is 5.29. The number of anilines is 1. The van der Waals surface area contributed by atoms with Crippen molar-refractivity contribution in [1.29, 1.82) is 0 Å². The molecule has 0 aromatic heterocycles. The van der Waals surface area contributed by atoms with E-state index in [-0.39, 0.29) is 16.3 Å². The summed E-state index contributed by atoms with van der Waals surface area (Å²) in [4.78, 5) is 0. The highest BCUT2D eigenvalue weighted by molar-refractivity contribution is 7.88. The fraction of sp³-hybridized carbons (Fsp3) is 0.250. The minimum Gasteiger partial charge on any atom is -0.598 e. The largest absolute Gasteiger partial charge is 0.598 e. The quantitative estimate of drug-likeness (QED) is 0.479. The number of thiol groups is 1. The van der Waals surface area contributed by atoms with Crippen molar-refractivity contribution in [1.82, 2.24) is 4.72 Å². The van der Waals surface area contributed by atoms with Crippen LogP contribution in [-0.2, 0) is 24.0 Å². The maximum absolute atomic E-state index is 13.4. The van der Waals surface area contributed by atoms with E-state index in [0.717, 1.165) is 11.6 Å². The topological polar surface area (TPSA) is 47.1 Å². The molecule has 0 heterocycles. The fourth-order valence-corrected chi connectivity index (χ4v) is 3.21. The van der Waals surface area contributed by atoms with Gasteiger partial charge >= 0.3 is 6.18 Å². The summed E-state index contributed by atoms with van der Waals surface area (Å²) in [7, 11) is 0. The van der Waals surface area contributed by atoms with Crippen molar-refractivity contribution >= 4 is 41.5 Å². The van der Waals surface area contributed by atoms with Gasteiger partial charge in [0.2, 0.25) is 0 Å². The Kier molecular flexibility index (Phi) is 6.93. The first kappa shape index (κ1) is 20.3. The molecule has 0 saturated carbocycles. The van der Waals surface area contributed by atoms with Crippen LogP contribution in [0.2, 0.25) is 5.02 Å². The predicted octanol–water partition coefficient (Wildman–Crippen LogP) is 4.71. The fourth-order valence-electron chi connectivity index (χ4n) is 2.37. The Labute approximate surface area is 157 Å². The zero-order valence-electron chi connectivity index (χ0n) is 13.2. The van der Waals surface area contributed by atoms with E-state index in [4.69, 9.17) is 11.6 Å². The Hall–Kier alpha value is -1.06. The van der Waals surface area contributed by atoms with Crippen LogP contribution < -0.4 is 9.44 Å². The molecular weight excluding hydrogens is 393 g/mol. The number of rotatable bonds is 6. The first-order valence-corrected chi connectivity index (χ1v) is 9.58. The van der Waals surface area contributed by atoms with Gasteiger partial charge in [0.05, 0.1) is 10.6 Å². The van der Waals surface area contributed by atoms with E-state index in [1.54, 1.807) is 24.3 Å². The molecule has 0 saturated heterocycles. The molecule has 0 fully saturated rings. The van der Waals surface area contributed by atoms with E-state index in [2.05, 4.69) is 22.3 Å². The second-order valence-corrected chi connectivity index (χ2v) is 7.11. The van der Waals surface area contributed by atoms with Gasteiger partial charge in [-0.2, -0.15) is 13.2 Å². The van der Waals surface area contributed by atoms with Gasteiger partial charge in [-0.05, 0) is 29.7 Å². The average Bonchev–Trinajstić information content (AvgIpc) is 2.53. The molecule has 0 amide bonds.